The van der Waals surface area contributed by atoms with Crippen molar-refractivity contribution in [2.45, 2.75) is 12.6 Å². The van der Waals surface area contributed by atoms with Crippen molar-refractivity contribution in [3.63, 3.8) is 0 Å². The zero-order chi connectivity index (χ0) is 16.1. The summed E-state index contributed by atoms with van der Waals surface area (Å²) >= 11 is 0. The van der Waals surface area contributed by atoms with E-state index in [1.54, 1.807) is 5.32 Å². The van der Waals surface area contributed by atoms with Crippen molar-refractivity contribution in [3.05, 3.63) is 29.8 Å². The van der Waals surface area contributed by atoms with Gasteiger partial charge in [-0.1, -0.05) is 12.1 Å². The molecule has 1 rings (SSSR count). The smallest absolute Gasteiger partial charge is 0.396 e. The van der Waals surface area contributed by atoms with Crippen LogP contribution in [0.5, 0.6) is 0 Å². The molecule has 5 nitrogen and oxygen atoms in total. The van der Waals surface area contributed by atoms with Gasteiger partial charge in [0.2, 0.25) is 0 Å². The second-order valence-electron chi connectivity index (χ2n) is 4.80. The fourth-order valence-electron chi connectivity index (χ4n) is 1.66. The Morgan fingerprint density at radius 3 is 1.86 bits per heavy atom. The predicted molar refractivity (Wildman–Crippen MR) is 68.5 cm³/mol. The molecule has 0 aliphatic rings. The Balaban J connectivity index is 2.77. The summed E-state index contributed by atoms with van der Waals surface area (Å²) in [6.07, 6.45) is -4.82. The first-order chi connectivity index (χ1) is 9.76. The summed E-state index contributed by atoms with van der Waals surface area (Å²) < 4.78 is 36.2. The third kappa shape index (κ3) is 4.69. The molecular formula is C13H16F3NO4. The number of anilines is 1. The number of aliphatic hydroxyl groups is 3. The van der Waals surface area contributed by atoms with E-state index in [-0.39, 0.29) is 12.1 Å². The molecule has 0 bridgehead atoms. The van der Waals surface area contributed by atoms with Crippen LogP contribution in [-0.2, 0) is 11.2 Å². The molecule has 0 unspecified atom stereocenters. The zero-order valence-corrected chi connectivity index (χ0v) is 11.0. The van der Waals surface area contributed by atoms with Gasteiger partial charge in [0.15, 0.2) is 0 Å². The fraction of sp³-hybridized carbons (Fsp3) is 0.462. The largest absolute Gasteiger partial charge is 0.471 e. The van der Waals surface area contributed by atoms with Crippen LogP contribution in [0.25, 0.3) is 0 Å². The van der Waals surface area contributed by atoms with Crippen LogP contribution in [0.3, 0.4) is 0 Å². The van der Waals surface area contributed by atoms with Crippen molar-refractivity contribution >= 4 is 11.6 Å². The fourth-order valence-corrected chi connectivity index (χ4v) is 1.66. The lowest BCUT2D eigenvalue weighted by Gasteiger charge is -2.27. The van der Waals surface area contributed by atoms with Gasteiger partial charge in [-0.05, 0) is 24.1 Å². The highest BCUT2D eigenvalue weighted by molar-refractivity contribution is 5.94. The minimum Gasteiger partial charge on any atom is -0.396 e. The van der Waals surface area contributed by atoms with Crippen LogP contribution in [0.4, 0.5) is 18.9 Å². The second kappa shape index (κ2) is 6.88. The summed E-state index contributed by atoms with van der Waals surface area (Å²) in [5.74, 6) is -2.06. The summed E-state index contributed by atoms with van der Waals surface area (Å²) in [4.78, 5) is 10.8. The van der Waals surface area contributed by atoms with Gasteiger partial charge in [0.25, 0.3) is 0 Å². The predicted octanol–water partition coefficient (Wildman–Crippen LogP) is 0.693. The number of carbonyl (C=O) groups is 1. The van der Waals surface area contributed by atoms with Crippen LogP contribution >= 0.6 is 0 Å². The number of nitrogens with one attached hydrogen (secondary N) is 1. The Morgan fingerprint density at radius 1 is 1.00 bits per heavy atom. The van der Waals surface area contributed by atoms with E-state index in [0.717, 1.165) is 0 Å². The molecule has 4 N–H and O–H groups in total. The molecule has 0 heterocycles. The number of carbonyl (C=O) groups excluding carboxylic acids is 1. The standard InChI is InChI=1S/C13H16F3NO4/c14-13(15,16)11(21)17-10-3-1-9(2-4-10)5-12(6-18,7-19)8-20/h1-4,18-20H,5-8H2,(H,17,21). The Hall–Kier alpha value is -1.64. The van der Waals surface area contributed by atoms with Gasteiger partial charge in [0.1, 0.15) is 0 Å². The topological polar surface area (TPSA) is 89.8 Å². The summed E-state index contributed by atoms with van der Waals surface area (Å²) in [7, 11) is 0. The molecule has 0 aliphatic heterocycles. The first-order valence-electron chi connectivity index (χ1n) is 6.06. The Bertz CT molecular complexity index is 461. The highest BCUT2D eigenvalue weighted by atomic mass is 19.4. The van der Waals surface area contributed by atoms with E-state index in [2.05, 4.69) is 0 Å². The minimum absolute atomic E-state index is 0.0244. The Morgan fingerprint density at radius 2 is 1.48 bits per heavy atom. The summed E-state index contributed by atoms with van der Waals surface area (Å²) in [5, 5.41) is 29.3. The van der Waals surface area contributed by atoms with Gasteiger partial charge in [-0.3, -0.25) is 4.79 Å². The lowest BCUT2D eigenvalue weighted by Crippen LogP contribution is -2.36. The van der Waals surface area contributed by atoms with Crippen molar-refractivity contribution in [2.75, 3.05) is 25.1 Å². The van der Waals surface area contributed by atoms with E-state index in [1.165, 1.54) is 24.3 Å². The maximum absolute atomic E-state index is 12.1. The molecule has 1 amide bonds. The molecule has 0 aliphatic carbocycles. The number of hydrogen-bond donors (Lipinski definition) is 4. The number of alkyl halides is 3. The van der Waals surface area contributed by atoms with Gasteiger partial charge < -0.3 is 20.6 Å². The van der Waals surface area contributed by atoms with Crippen LogP contribution in [0.15, 0.2) is 24.3 Å². The molecular weight excluding hydrogens is 291 g/mol. The lowest BCUT2D eigenvalue weighted by molar-refractivity contribution is -0.167. The van der Waals surface area contributed by atoms with Gasteiger partial charge >= 0.3 is 12.1 Å². The Kier molecular flexibility index (Phi) is 5.70. The number of amides is 1. The molecule has 0 spiro atoms. The molecule has 0 radical (unpaired) electrons. The summed E-state index contributed by atoms with van der Waals surface area (Å²) in [5.41, 5.74) is -0.530. The molecule has 0 atom stereocenters. The number of aliphatic hydroxyl groups excluding tert-OH is 3. The summed E-state index contributed by atoms with van der Waals surface area (Å²) in [6.45, 7) is -1.31. The molecule has 0 saturated heterocycles. The first-order valence-corrected chi connectivity index (χ1v) is 6.06. The van der Waals surface area contributed by atoms with Crippen LogP contribution in [0.2, 0.25) is 0 Å². The molecule has 1 aromatic carbocycles. The lowest BCUT2D eigenvalue weighted by atomic mass is 9.84. The zero-order valence-electron chi connectivity index (χ0n) is 11.0. The molecule has 0 fully saturated rings. The first kappa shape index (κ1) is 17.4. The quantitative estimate of drug-likeness (QED) is 0.622. The van der Waals surface area contributed by atoms with Crippen LogP contribution in [0, 0.1) is 5.41 Å². The SMILES string of the molecule is O=C(Nc1ccc(CC(CO)(CO)CO)cc1)C(F)(F)F. The van der Waals surface area contributed by atoms with E-state index < -0.39 is 37.3 Å². The van der Waals surface area contributed by atoms with Crippen LogP contribution < -0.4 is 5.32 Å². The molecule has 1 aromatic rings. The van der Waals surface area contributed by atoms with Gasteiger partial charge in [-0.25, -0.2) is 0 Å². The van der Waals surface area contributed by atoms with E-state index in [9.17, 15) is 33.3 Å². The van der Waals surface area contributed by atoms with Crippen molar-refractivity contribution in [3.8, 4) is 0 Å². The minimum atomic E-state index is -4.96. The molecule has 21 heavy (non-hydrogen) atoms. The highest BCUT2D eigenvalue weighted by Gasteiger charge is 2.38. The maximum atomic E-state index is 12.1. The van der Waals surface area contributed by atoms with Crippen molar-refractivity contribution in [1.82, 2.24) is 0 Å². The average Bonchev–Trinajstić information content (AvgIpc) is 2.46. The highest BCUT2D eigenvalue weighted by Crippen LogP contribution is 2.23. The van der Waals surface area contributed by atoms with Crippen molar-refractivity contribution in [1.29, 1.82) is 0 Å². The maximum Gasteiger partial charge on any atom is 0.471 e. The monoisotopic (exact) mass is 307 g/mol. The molecule has 0 aromatic heterocycles. The third-order valence-electron chi connectivity index (χ3n) is 3.05. The molecule has 0 saturated carbocycles. The van der Waals surface area contributed by atoms with Gasteiger partial charge in [-0.2, -0.15) is 13.2 Å². The number of rotatable bonds is 6. The van der Waals surface area contributed by atoms with Gasteiger partial charge in [0.05, 0.1) is 19.8 Å². The third-order valence-corrected chi connectivity index (χ3v) is 3.05. The van der Waals surface area contributed by atoms with Crippen LogP contribution in [-0.4, -0.2) is 47.2 Å². The van der Waals surface area contributed by atoms with E-state index in [1.807, 2.05) is 0 Å². The van der Waals surface area contributed by atoms with Gasteiger partial charge in [-0.15, -0.1) is 0 Å². The van der Waals surface area contributed by atoms with Gasteiger partial charge in [0, 0.05) is 11.1 Å². The van der Waals surface area contributed by atoms with Crippen LogP contribution in [0.1, 0.15) is 5.56 Å². The van der Waals surface area contributed by atoms with E-state index in [0.29, 0.717) is 5.56 Å². The van der Waals surface area contributed by atoms with Crippen molar-refractivity contribution in [2.24, 2.45) is 5.41 Å². The molecule has 8 heteroatoms. The normalized spacial score (nSPS) is 12.3. The molecule has 118 valence electrons. The number of benzene rings is 1. The van der Waals surface area contributed by atoms with Crippen molar-refractivity contribution < 1.29 is 33.3 Å². The van der Waals surface area contributed by atoms with E-state index >= 15 is 0 Å². The summed E-state index contributed by atoms with van der Waals surface area (Å²) in [6, 6.07) is 5.44. The van der Waals surface area contributed by atoms with E-state index in [4.69, 9.17) is 0 Å². The Labute approximate surface area is 119 Å². The number of hydrogen-bond acceptors (Lipinski definition) is 4. The average molecular weight is 307 g/mol. The second-order valence-corrected chi connectivity index (χ2v) is 4.80. The number of halogens is 3.